The van der Waals surface area contributed by atoms with Gasteiger partial charge < -0.3 is 5.11 Å². The lowest BCUT2D eigenvalue weighted by Crippen LogP contribution is -2.01. The predicted octanol–water partition coefficient (Wildman–Crippen LogP) is 3.85. The Hall–Kier alpha value is -1.31. The monoisotopic (exact) mass is 220 g/mol. The number of hydrogen-bond donors (Lipinski definition) is 1. The minimum absolute atomic E-state index is 0.189. The van der Waals surface area contributed by atoms with Gasteiger partial charge >= 0.3 is 0 Å². The number of hydrogen-bond acceptors (Lipinski definition) is 2. The van der Waals surface area contributed by atoms with Crippen LogP contribution in [0.1, 0.15) is 54.9 Å². The van der Waals surface area contributed by atoms with Gasteiger partial charge in [-0.2, -0.15) is 0 Å². The molecule has 1 rings (SSSR count). The fourth-order valence-electron chi connectivity index (χ4n) is 1.81. The van der Waals surface area contributed by atoms with Crippen LogP contribution in [0.25, 0.3) is 0 Å². The van der Waals surface area contributed by atoms with Crippen LogP contribution in [0, 0.1) is 6.92 Å². The van der Waals surface area contributed by atoms with Crippen molar-refractivity contribution in [2.45, 2.75) is 46.0 Å². The van der Waals surface area contributed by atoms with Gasteiger partial charge in [-0.15, -0.1) is 0 Å². The highest BCUT2D eigenvalue weighted by Crippen LogP contribution is 2.18. The first-order chi connectivity index (χ1) is 7.65. The molecule has 0 fully saturated rings. The van der Waals surface area contributed by atoms with Crippen LogP contribution in [-0.4, -0.2) is 10.9 Å². The van der Waals surface area contributed by atoms with Gasteiger partial charge in [0.25, 0.3) is 0 Å². The van der Waals surface area contributed by atoms with E-state index in [1.54, 1.807) is 18.2 Å². The zero-order valence-electron chi connectivity index (χ0n) is 10.1. The van der Waals surface area contributed by atoms with Crippen molar-refractivity contribution in [1.82, 2.24) is 0 Å². The molecule has 0 bridgehead atoms. The first-order valence-electron chi connectivity index (χ1n) is 5.98. The molecular formula is C14H20O2. The number of aryl methyl sites for hydroxylation is 1. The third-order valence-electron chi connectivity index (χ3n) is 2.77. The highest BCUT2D eigenvalue weighted by Gasteiger charge is 2.08. The van der Waals surface area contributed by atoms with E-state index in [0.717, 1.165) is 24.0 Å². The third kappa shape index (κ3) is 3.69. The van der Waals surface area contributed by atoms with Gasteiger partial charge in [0, 0.05) is 12.0 Å². The molecule has 2 heteroatoms. The maximum atomic E-state index is 11.9. The van der Waals surface area contributed by atoms with E-state index in [9.17, 15) is 9.90 Å². The molecule has 0 heterocycles. The van der Waals surface area contributed by atoms with Gasteiger partial charge in [-0.05, 0) is 37.1 Å². The van der Waals surface area contributed by atoms with E-state index in [0.29, 0.717) is 6.42 Å². The number of aromatic hydroxyl groups is 1. The number of rotatable bonds is 6. The lowest BCUT2D eigenvalue weighted by Gasteiger charge is -2.05. The van der Waals surface area contributed by atoms with Crippen molar-refractivity contribution in [3.05, 3.63) is 29.3 Å². The lowest BCUT2D eigenvalue weighted by atomic mass is 10.00. The van der Waals surface area contributed by atoms with Gasteiger partial charge in [-0.25, -0.2) is 0 Å². The molecule has 0 aliphatic rings. The van der Waals surface area contributed by atoms with Crippen LogP contribution in [-0.2, 0) is 0 Å². The Balaban J connectivity index is 2.53. The lowest BCUT2D eigenvalue weighted by molar-refractivity contribution is 0.0978. The number of ketones is 1. The summed E-state index contributed by atoms with van der Waals surface area (Å²) < 4.78 is 0. The van der Waals surface area contributed by atoms with Crippen molar-refractivity contribution in [3.63, 3.8) is 0 Å². The Morgan fingerprint density at radius 1 is 1.25 bits per heavy atom. The van der Waals surface area contributed by atoms with Gasteiger partial charge in [0.1, 0.15) is 5.75 Å². The fourth-order valence-corrected chi connectivity index (χ4v) is 1.81. The van der Waals surface area contributed by atoms with Crippen LogP contribution in [0.15, 0.2) is 18.2 Å². The van der Waals surface area contributed by atoms with Gasteiger partial charge in [0.15, 0.2) is 5.78 Å². The van der Waals surface area contributed by atoms with Crippen molar-refractivity contribution in [3.8, 4) is 5.75 Å². The standard InChI is InChI=1S/C14H20O2/c1-3-4-5-6-7-14(16)13-9-8-12(15)10-11(13)2/h8-10,15H,3-7H2,1-2H3. The van der Waals surface area contributed by atoms with Crippen molar-refractivity contribution in [2.75, 3.05) is 0 Å². The summed E-state index contributed by atoms with van der Waals surface area (Å²) in [4.78, 5) is 11.9. The molecule has 0 amide bonds. The molecule has 0 aromatic heterocycles. The second-order valence-electron chi connectivity index (χ2n) is 4.23. The van der Waals surface area contributed by atoms with Crippen LogP contribution in [0.2, 0.25) is 0 Å². The number of benzene rings is 1. The normalized spacial score (nSPS) is 10.4. The molecule has 0 spiro atoms. The van der Waals surface area contributed by atoms with Crippen molar-refractivity contribution < 1.29 is 9.90 Å². The smallest absolute Gasteiger partial charge is 0.163 e. The first-order valence-corrected chi connectivity index (χ1v) is 5.98. The number of carbonyl (C=O) groups is 1. The highest BCUT2D eigenvalue weighted by molar-refractivity contribution is 5.97. The average molecular weight is 220 g/mol. The molecule has 16 heavy (non-hydrogen) atoms. The molecule has 88 valence electrons. The molecular weight excluding hydrogens is 200 g/mol. The third-order valence-corrected chi connectivity index (χ3v) is 2.77. The molecule has 0 saturated carbocycles. The molecule has 1 N–H and O–H groups in total. The molecule has 1 aromatic carbocycles. The zero-order chi connectivity index (χ0) is 12.0. The van der Waals surface area contributed by atoms with E-state index in [1.165, 1.54) is 12.8 Å². The van der Waals surface area contributed by atoms with Gasteiger partial charge in [0.05, 0.1) is 0 Å². The summed E-state index contributed by atoms with van der Waals surface area (Å²) in [5.74, 6) is 0.411. The maximum Gasteiger partial charge on any atom is 0.163 e. The van der Waals surface area contributed by atoms with E-state index in [2.05, 4.69) is 6.92 Å². The summed E-state index contributed by atoms with van der Waals surface area (Å²) >= 11 is 0. The molecule has 1 aromatic rings. The van der Waals surface area contributed by atoms with E-state index in [-0.39, 0.29) is 11.5 Å². The Morgan fingerprint density at radius 3 is 2.62 bits per heavy atom. The second kappa shape index (κ2) is 6.31. The first kappa shape index (κ1) is 12.8. The van der Waals surface area contributed by atoms with Crippen molar-refractivity contribution in [1.29, 1.82) is 0 Å². The minimum atomic E-state index is 0.189. The zero-order valence-corrected chi connectivity index (χ0v) is 10.1. The largest absolute Gasteiger partial charge is 0.508 e. The number of unbranched alkanes of at least 4 members (excludes halogenated alkanes) is 3. The Morgan fingerprint density at radius 2 is 2.00 bits per heavy atom. The average Bonchev–Trinajstić information content (AvgIpc) is 2.24. The topological polar surface area (TPSA) is 37.3 Å². The summed E-state index contributed by atoms with van der Waals surface area (Å²) in [6, 6.07) is 4.93. The van der Waals surface area contributed by atoms with Crippen LogP contribution < -0.4 is 0 Å². The Kier molecular flexibility index (Phi) is 5.03. The fraction of sp³-hybridized carbons (Fsp3) is 0.500. The Bertz CT molecular complexity index is 356. The van der Waals surface area contributed by atoms with Crippen LogP contribution >= 0.6 is 0 Å². The number of carbonyl (C=O) groups excluding carboxylic acids is 1. The van der Waals surface area contributed by atoms with E-state index >= 15 is 0 Å². The second-order valence-corrected chi connectivity index (χ2v) is 4.23. The quantitative estimate of drug-likeness (QED) is 0.584. The Labute approximate surface area is 97.3 Å². The van der Waals surface area contributed by atoms with E-state index in [4.69, 9.17) is 0 Å². The molecule has 0 radical (unpaired) electrons. The molecule has 0 unspecified atom stereocenters. The van der Waals surface area contributed by atoms with E-state index < -0.39 is 0 Å². The number of Topliss-reactive ketones (excluding diaryl/α,β-unsaturated/α-hetero) is 1. The van der Waals surface area contributed by atoms with Gasteiger partial charge in [-0.1, -0.05) is 26.2 Å². The van der Waals surface area contributed by atoms with Gasteiger partial charge in [-0.3, -0.25) is 4.79 Å². The maximum absolute atomic E-state index is 11.9. The summed E-state index contributed by atoms with van der Waals surface area (Å²) in [5.41, 5.74) is 1.61. The summed E-state index contributed by atoms with van der Waals surface area (Å²) in [6.45, 7) is 4.02. The van der Waals surface area contributed by atoms with E-state index in [1.807, 2.05) is 6.92 Å². The van der Waals surface area contributed by atoms with Crippen molar-refractivity contribution in [2.24, 2.45) is 0 Å². The van der Waals surface area contributed by atoms with Crippen LogP contribution in [0.4, 0.5) is 0 Å². The molecule has 0 atom stereocenters. The highest BCUT2D eigenvalue weighted by atomic mass is 16.3. The summed E-state index contributed by atoms with van der Waals surface area (Å²) in [6.07, 6.45) is 5.09. The molecule has 0 aliphatic heterocycles. The summed E-state index contributed by atoms with van der Waals surface area (Å²) in [7, 11) is 0. The predicted molar refractivity (Wildman–Crippen MR) is 65.9 cm³/mol. The van der Waals surface area contributed by atoms with Crippen LogP contribution in [0.5, 0.6) is 5.75 Å². The SMILES string of the molecule is CCCCCCC(=O)c1ccc(O)cc1C. The molecule has 0 aliphatic carbocycles. The molecule has 2 nitrogen and oxygen atoms in total. The number of phenolic OH excluding ortho intramolecular Hbond substituents is 1. The van der Waals surface area contributed by atoms with Gasteiger partial charge in [0.2, 0.25) is 0 Å². The number of phenols is 1. The van der Waals surface area contributed by atoms with Crippen LogP contribution in [0.3, 0.4) is 0 Å². The minimum Gasteiger partial charge on any atom is -0.508 e. The summed E-state index contributed by atoms with van der Waals surface area (Å²) in [5, 5.41) is 9.25. The van der Waals surface area contributed by atoms with Crippen molar-refractivity contribution >= 4 is 5.78 Å². The molecule has 0 saturated heterocycles.